The smallest absolute Gasteiger partial charge is 0.0461 e. The van der Waals surface area contributed by atoms with Crippen molar-refractivity contribution in [2.45, 2.75) is 32.2 Å². The average molecular weight is 200 g/mol. The third-order valence-corrected chi connectivity index (χ3v) is 3.38. The highest BCUT2D eigenvalue weighted by molar-refractivity contribution is 5.85. The van der Waals surface area contributed by atoms with Gasteiger partial charge >= 0.3 is 0 Å². The molecule has 3 rings (SSSR count). The second-order valence-corrected chi connectivity index (χ2v) is 4.63. The molecule has 1 aliphatic carbocycles. The van der Waals surface area contributed by atoms with Crippen LogP contribution < -0.4 is 5.73 Å². The number of nitrogens with one attached hydrogen (secondary N) is 1. The minimum Gasteiger partial charge on any atom is -0.358 e. The number of H-pyrrole nitrogens is 1. The Morgan fingerprint density at radius 3 is 3.13 bits per heavy atom. The lowest BCUT2D eigenvalue weighted by Crippen LogP contribution is -2.27. The molecule has 2 heteroatoms. The minimum absolute atomic E-state index is 0.345. The highest BCUT2D eigenvalue weighted by Gasteiger charge is 2.19. The van der Waals surface area contributed by atoms with Crippen LogP contribution in [-0.4, -0.2) is 11.0 Å². The largest absolute Gasteiger partial charge is 0.358 e. The Balaban J connectivity index is 2.24. The van der Waals surface area contributed by atoms with E-state index in [2.05, 4.69) is 30.1 Å². The predicted molar refractivity (Wildman–Crippen MR) is 63.0 cm³/mol. The normalized spacial score (nSPS) is 20.5. The maximum absolute atomic E-state index is 6.02. The zero-order chi connectivity index (χ0) is 10.4. The van der Waals surface area contributed by atoms with Gasteiger partial charge in [0.1, 0.15) is 0 Å². The van der Waals surface area contributed by atoms with Crippen LogP contribution in [0, 0.1) is 6.92 Å². The molecule has 0 amide bonds. The Kier molecular flexibility index (Phi) is 1.86. The van der Waals surface area contributed by atoms with Gasteiger partial charge in [0, 0.05) is 22.6 Å². The predicted octanol–water partition coefficient (Wildman–Crippen LogP) is 2.29. The van der Waals surface area contributed by atoms with Gasteiger partial charge in [0.2, 0.25) is 0 Å². The van der Waals surface area contributed by atoms with Crippen molar-refractivity contribution in [3.05, 3.63) is 35.0 Å². The van der Waals surface area contributed by atoms with E-state index in [1.54, 1.807) is 0 Å². The van der Waals surface area contributed by atoms with E-state index in [0.717, 1.165) is 19.3 Å². The fourth-order valence-electron chi connectivity index (χ4n) is 2.57. The summed E-state index contributed by atoms with van der Waals surface area (Å²) in [7, 11) is 0. The minimum atomic E-state index is 0.345. The van der Waals surface area contributed by atoms with Crippen LogP contribution in [0.4, 0.5) is 0 Å². The molecule has 1 aromatic heterocycles. The molecule has 0 radical (unpaired) electrons. The van der Waals surface area contributed by atoms with Gasteiger partial charge in [0.05, 0.1) is 0 Å². The molecule has 0 spiro atoms. The number of hydrogen-bond acceptors (Lipinski definition) is 1. The third-order valence-electron chi connectivity index (χ3n) is 3.38. The molecular formula is C13H16N2. The van der Waals surface area contributed by atoms with Crippen LogP contribution in [-0.2, 0) is 12.8 Å². The first kappa shape index (κ1) is 8.98. The van der Waals surface area contributed by atoms with Gasteiger partial charge in [-0.3, -0.25) is 0 Å². The average Bonchev–Trinajstić information content (AvgIpc) is 2.54. The Bertz CT molecular complexity index is 510. The zero-order valence-corrected chi connectivity index (χ0v) is 9.01. The summed E-state index contributed by atoms with van der Waals surface area (Å²) in [6.45, 7) is 2.13. The lowest BCUT2D eigenvalue weighted by molar-refractivity contribution is 0.574. The SMILES string of the molecule is Cc1ccc2c3c([nH]c2c1)CCC(N)C3. The molecule has 0 aliphatic heterocycles. The van der Waals surface area contributed by atoms with Crippen LogP contribution in [0.15, 0.2) is 18.2 Å². The molecular weight excluding hydrogens is 184 g/mol. The van der Waals surface area contributed by atoms with Crippen molar-refractivity contribution in [1.29, 1.82) is 0 Å². The van der Waals surface area contributed by atoms with Crippen molar-refractivity contribution in [2.75, 3.05) is 0 Å². The van der Waals surface area contributed by atoms with E-state index >= 15 is 0 Å². The second kappa shape index (κ2) is 3.11. The number of rotatable bonds is 0. The number of aromatic amines is 1. The summed E-state index contributed by atoms with van der Waals surface area (Å²) in [6, 6.07) is 6.96. The molecule has 3 N–H and O–H groups in total. The van der Waals surface area contributed by atoms with E-state index in [4.69, 9.17) is 5.73 Å². The van der Waals surface area contributed by atoms with Crippen molar-refractivity contribution < 1.29 is 0 Å². The van der Waals surface area contributed by atoms with Gasteiger partial charge in [-0.1, -0.05) is 12.1 Å². The number of aromatic nitrogens is 1. The molecule has 0 fully saturated rings. The van der Waals surface area contributed by atoms with Crippen LogP contribution in [0.3, 0.4) is 0 Å². The molecule has 15 heavy (non-hydrogen) atoms. The number of nitrogens with two attached hydrogens (primary N) is 1. The molecule has 0 saturated heterocycles. The fourth-order valence-corrected chi connectivity index (χ4v) is 2.57. The Morgan fingerprint density at radius 2 is 2.27 bits per heavy atom. The van der Waals surface area contributed by atoms with Crippen molar-refractivity contribution in [3.63, 3.8) is 0 Å². The summed E-state index contributed by atoms with van der Waals surface area (Å²) in [5, 5.41) is 1.37. The summed E-state index contributed by atoms with van der Waals surface area (Å²) >= 11 is 0. The molecule has 1 unspecified atom stereocenters. The van der Waals surface area contributed by atoms with Gasteiger partial charge in [-0.25, -0.2) is 0 Å². The van der Waals surface area contributed by atoms with Gasteiger partial charge in [-0.05, 0) is 43.4 Å². The van der Waals surface area contributed by atoms with E-state index < -0.39 is 0 Å². The van der Waals surface area contributed by atoms with Crippen LogP contribution >= 0.6 is 0 Å². The molecule has 1 heterocycles. The van der Waals surface area contributed by atoms with Crippen LogP contribution in [0.5, 0.6) is 0 Å². The van der Waals surface area contributed by atoms with Crippen LogP contribution in [0.25, 0.3) is 10.9 Å². The maximum Gasteiger partial charge on any atom is 0.0461 e. The molecule has 0 bridgehead atoms. The Labute approximate surface area is 89.5 Å². The number of benzene rings is 1. The van der Waals surface area contributed by atoms with E-state index in [9.17, 15) is 0 Å². The van der Waals surface area contributed by atoms with Gasteiger partial charge in [-0.2, -0.15) is 0 Å². The maximum atomic E-state index is 6.02. The molecule has 1 aromatic carbocycles. The lowest BCUT2D eigenvalue weighted by Gasteiger charge is -2.17. The summed E-state index contributed by atoms with van der Waals surface area (Å²) in [4.78, 5) is 3.52. The fraction of sp³-hybridized carbons (Fsp3) is 0.385. The first-order chi connectivity index (χ1) is 7.24. The van der Waals surface area contributed by atoms with Crippen molar-refractivity contribution >= 4 is 10.9 Å². The van der Waals surface area contributed by atoms with Gasteiger partial charge in [0.25, 0.3) is 0 Å². The summed E-state index contributed by atoms with van der Waals surface area (Å²) < 4.78 is 0. The summed E-state index contributed by atoms with van der Waals surface area (Å²) in [6.07, 6.45) is 3.24. The molecule has 1 atom stereocenters. The molecule has 1 aliphatic rings. The van der Waals surface area contributed by atoms with Crippen LogP contribution in [0.1, 0.15) is 23.2 Å². The zero-order valence-electron chi connectivity index (χ0n) is 9.01. The highest BCUT2D eigenvalue weighted by Crippen LogP contribution is 2.29. The van der Waals surface area contributed by atoms with Crippen molar-refractivity contribution in [3.8, 4) is 0 Å². The Morgan fingerprint density at radius 1 is 1.40 bits per heavy atom. The van der Waals surface area contributed by atoms with E-state index in [0.29, 0.717) is 6.04 Å². The standard InChI is InChI=1S/C13H16N2/c1-8-2-4-10-11-7-9(14)3-5-12(11)15-13(10)6-8/h2,4,6,9,15H,3,5,7,14H2,1H3. The number of aryl methyl sites for hydroxylation is 2. The number of hydrogen-bond donors (Lipinski definition) is 2. The highest BCUT2D eigenvalue weighted by atomic mass is 14.7. The van der Waals surface area contributed by atoms with E-state index in [-0.39, 0.29) is 0 Å². The molecule has 2 aromatic rings. The van der Waals surface area contributed by atoms with Crippen LogP contribution in [0.2, 0.25) is 0 Å². The molecule has 0 saturated carbocycles. The first-order valence-corrected chi connectivity index (χ1v) is 5.59. The Hall–Kier alpha value is -1.28. The quantitative estimate of drug-likeness (QED) is 0.673. The van der Waals surface area contributed by atoms with E-state index in [1.807, 2.05) is 0 Å². The summed E-state index contributed by atoms with van der Waals surface area (Å²) in [5.41, 5.74) is 11.4. The molecule has 2 nitrogen and oxygen atoms in total. The van der Waals surface area contributed by atoms with Crippen molar-refractivity contribution in [1.82, 2.24) is 4.98 Å². The second-order valence-electron chi connectivity index (χ2n) is 4.63. The lowest BCUT2D eigenvalue weighted by atomic mass is 9.92. The summed E-state index contributed by atoms with van der Waals surface area (Å²) in [5.74, 6) is 0. The monoisotopic (exact) mass is 200 g/mol. The number of fused-ring (bicyclic) bond motifs is 3. The van der Waals surface area contributed by atoms with E-state index in [1.165, 1.54) is 27.7 Å². The van der Waals surface area contributed by atoms with Gasteiger partial charge < -0.3 is 10.7 Å². The van der Waals surface area contributed by atoms with Gasteiger partial charge in [-0.15, -0.1) is 0 Å². The van der Waals surface area contributed by atoms with Gasteiger partial charge in [0.15, 0.2) is 0 Å². The topological polar surface area (TPSA) is 41.8 Å². The third kappa shape index (κ3) is 1.37. The molecule has 78 valence electrons. The first-order valence-electron chi connectivity index (χ1n) is 5.59. The van der Waals surface area contributed by atoms with Crippen molar-refractivity contribution in [2.24, 2.45) is 5.73 Å².